The summed E-state index contributed by atoms with van der Waals surface area (Å²) in [5.74, 6) is 0.298. The summed E-state index contributed by atoms with van der Waals surface area (Å²) in [6.45, 7) is 4.26. The number of carbonyl (C=O) groups is 1. The molecule has 3 aromatic carbocycles. The van der Waals surface area contributed by atoms with Crippen molar-refractivity contribution in [2.24, 2.45) is 0 Å². The summed E-state index contributed by atoms with van der Waals surface area (Å²) < 4.78 is 2.25. The molecule has 1 heterocycles. The topological polar surface area (TPSA) is 67.2 Å². The Labute approximate surface area is 175 Å². The number of imidazole rings is 1. The Morgan fingerprint density at radius 1 is 1.07 bits per heavy atom. The summed E-state index contributed by atoms with van der Waals surface area (Å²) in [4.78, 5) is 16.2. The molecule has 4 aromatic rings. The van der Waals surface area contributed by atoms with Crippen molar-refractivity contribution in [1.82, 2.24) is 15.0 Å². The van der Waals surface area contributed by atoms with Crippen LogP contribution in [-0.4, -0.2) is 20.7 Å². The number of hydrogen-bond donors (Lipinski definition) is 2. The van der Waals surface area contributed by atoms with E-state index in [0.717, 1.165) is 28.0 Å². The third-order valence-electron chi connectivity index (χ3n) is 5.23. The van der Waals surface area contributed by atoms with E-state index in [1.165, 1.54) is 17.2 Å². The summed E-state index contributed by atoms with van der Waals surface area (Å²) in [5.41, 5.74) is 7.85. The van der Waals surface area contributed by atoms with Gasteiger partial charge in [-0.05, 0) is 49.2 Å². The lowest BCUT2D eigenvalue weighted by atomic mass is 10.0. The van der Waals surface area contributed by atoms with Gasteiger partial charge in [-0.15, -0.1) is 0 Å². The first kappa shape index (κ1) is 19.6. The lowest BCUT2D eigenvalue weighted by Crippen LogP contribution is -2.14. The minimum absolute atomic E-state index is 0.0902. The van der Waals surface area contributed by atoms with Gasteiger partial charge in [0.2, 0.25) is 0 Å². The van der Waals surface area contributed by atoms with Crippen molar-refractivity contribution in [2.75, 3.05) is 0 Å². The number of nitrogens with zero attached hydrogens (tertiary/aromatic N) is 2. The Hall–Kier alpha value is -3.70. The SMILES string of the molecule is Cc1ccc(C(C)n2c(-c3cccc(/C=C/C(=O)NO)c3)nc3ccccc32)cc1. The predicted molar refractivity (Wildman–Crippen MR) is 119 cm³/mol. The summed E-state index contributed by atoms with van der Waals surface area (Å²) in [6.07, 6.45) is 2.95. The van der Waals surface area contributed by atoms with E-state index in [0.29, 0.717) is 0 Å². The molecule has 5 nitrogen and oxygen atoms in total. The molecule has 0 fully saturated rings. The number of hydroxylamine groups is 1. The maximum absolute atomic E-state index is 11.3. The minimum Gasteiger partial charge on any atom is -0.317 e. The predicted octanol–water partition coefficient (Wildman–Crippen LogP) is 5.14. The van der Waals surface area contributed by atoms with Crippen LogP contribution in [0.4, 0.5) is 0 Å². The second-order valence-corrected chi connectivity index (χ2v) is 7.32. The van der Waals surface area contributed by atoms with Crippen LogP contribution in [0, 0.1) is 6.92 Å². The van der Waals surface area contributed by atoms with Crippen molar-refractivity contribution < 1.29 is 10.0 Å². The fraction of sp³-hybridized carbons (Fsp3) is 0.120. The number of carbonyl (C=O) groups excluding carboxylic acids is 1. The van der Waals surface area contributed by atoms with E-state index in [-0.39, 0.29) is 6.04 Å². The van der Waals surface area contributed by atoms with E-state index >= 15 is 0 Å². The van der Waals surface area contributed by atoms with Crippen molar-refractivity contribution in [3.63, 3.8) is 0 Å². The highest BCUT2D eigenvalue weighted by Crippen LogP contribution is 2.32. The van der Waals surface area contributed by atoms with Crippen LogP contribution in [0.2, 0.25) is 0 Å². The molecule has 4 rings (SSSR count). The molecule has 0 saturated carbocycles. The number of aryl methyl sites for hydroxylation is 1. The van der Waals surface area contributed by atoms with Gasteiger partial charge in [0.15, 0.2) is 0 Å². The van der Waals surface area contributed by atoms with Crippen LogP contribution in [0.3, 0.4) is 0 Å². The number of hydrogen-bond acceptors (Lipinski definition) is 3. The van der Waals surface area contributed by atoms with Gasteiger partial charge in [0.25, 0.3) is 5.91 Å². The molecular weight excluding hydrogens is 374 g/mol. The molecule has 1 aromatic heterocycles. The minimum atomic E-state index is -0.569. The van der Waals surface area contributed by atoms with Crippen LogP contribution in [0.5, 0.6) is 0 Å². The van der Waals surface area contributed by atoms with Gasteiger partial charge in [0, 0.05) is 11.6 Å². The van der Waals surface area contributed by atoms with Crippen LogP contribution in [-0.2, 0) is 4.79 Å². The van der Waals surface area contributed by atoms with Gasteiger partial charge >= 0.3 is 0 Å². The lowest BCUT2D eigenvalue weighted by Gasteiger charge is -2.19. The highest BCUT2D eigenvalue weighted by atomic mass is 16.5. The Morgan fingerprint density at radius 2 is 1.83 bits per heavy atom. The molecule has 0 bridgehead atoms. The van der Waals surface area contributed by atoms with Crippen molar-refractivity contribution in [3.8, 4) is 11.4 Å². The first-order valence-electron chi connectivity index (χ1n) is 9.83. The van der Waals surface area contributed by atoms with Crippen LogP contribution in [0.25, 0.3) is 28.5 Å². The van der Waals surface area contributed by atoms with E-state index in [1.54, 1.807) is 11.6 Å². The van der Waals surface area contributed by atoms with Crippen LogP contribution in [0.1, 0.15) is 29.7 Å². The van der Waals surface area contributed by atoms with Gasteiger partial charge in [-0.25, -0.2) is 10.5 Å². The molecule has 0 spiro atoms. The Morgan fingerprint density at radius 3 is 2.60 bits per heavy atom. The summed E-state index contributed by atoms with van der Waals surface area (Å²) >= 11 is 0. The average Bonchev–Trinajstić information content (AvgIpc) is 3.17. The fourth-order valence-corrected chi connectivity index (χ4v) is 3.62. The van der Waals surface area contributed by atoms with Crippen LogP contribution >= 0.6 is 0 Å². The number of amides is 1. The average molecular weight is 397 g/mol. The van der Waals surface area contributed by atoms with Gasteiger partial charge in [-0.1, -0.05) is 60.2 Å². The van der Waals surface area contributed by atoms with Gasteiger partial charge in [-0.3, -0.25) is 10.0 Å². The van der Waals surface area contributed by atoms with Gasteiger partial charge in [0.05, 0.1) is 17.1 Å². The number of nitrogens with one attached hydrogen (secondary N) is 1. The zero-order valence-corrected chi connectivity index (χ0v) is 16.9. The molecular formula is C25H23N3O2. The fourth-order valence-electron chi connectivity index (χ4n) is 3.62. The van der Waals surface area contributed by atoms with E-state index in [1.807, 2.05) is 42.5 Å². The van der Waals surface area contributed by atoms with Crippen molar-refractivity contribution in [2.45, 2.75) is 19.9 Å². The quantitative estimate of drug-likeness (QED) is 0.278. The van der Waals surface area contributed by atoms with Crippen LogP contribution in [0.15, 0.2) is 78.9 Å². The molecule has 1 unspecified atom stereocenters. The largest absolute Gasteiger partial charge is 0.317 e. The Kier molecular flexibility index (Phi) is 5.46. The van der Waals surface area contributed by atoms with E-state index < -0.39 is 5.91 Å². The van der Waals surface area contributed by atoms with Crippen LogP contribution < -0.4 is 5.48 Å². The lowest BCUT2D eigenvalue weighted by molar-refractivity contribution is -0.124. The molecule has 0 saturated heterocycles. The normalized spacial score (nSPS) is 12.4. The maximum Gasteiger partial charge on any atom is 0.267 e. The van der Waals surface area contributed by atoms with Crippen molar-refractivity contribution >= 4 is 23.0 Å². The van der Waals surface area contributed by atoms with Crippen molar-refractivity contribution in [1.29, 1.82) is 0 Å². The number of para-hydroxylation sites is 2. The molecule has 1 amide bonds. The molecule has 2 N–H and O–H groups in total. The number of rotatable bonds is 5. The molecule has 5 heteroatoms. The monoisotopic (exact) mass is 397 g/mol. The van der Waals surface area contributed by atoms with Gasteiger partial charge < -0.3 is 4.57 Å². The molecule has 0 aliphatic heterocycles. The van der Waals surface area contributed by atoms with Gasteiger partial charge in [-0.2, -0.15) is 0 Å². The number of fused-ring (bicyclic) bond motifs is 1. The summed E-state index contributed by atoms with van der Waals surface area (Å²) in [7, 11) is 0. The highest BCUT2D eigenvalue weighted by Gasteiger charge is 2.18. The summed E-state index contributed by atoms with van der Waals surface area (Å²) in [6, 6.07) is 24.6. The third kappa shape index (κ3) is 3.88. The van der Waals surface area contributed by atoms with Gasteiger partial charge in [0.1, 0.15) is 5.82 Å². The second-order valence-electron chi connectivity index (χ2n) is 7.32. The molecule has 30 heavy (non-hydrogen) atoms. The van der Waals surface area contributed by atoms with E-state index in [4.69, 9.17) is 10.2 Å². The zero-order chi connectivity index (χ0) is 21.1. The Balaban J connectivity index is 1.84. The second kappa shape index (κ2) is 8.35. The molecule has 0 aliphatic rings. The maximum atomic E-state index is 11.3. The molecule has 0 radical (unpaired) electrons. The molecule has 150 valence electrons. The van der Waals surface area contributed by atoms with E-state index in [2.05, 4.69) is 48.7 Å². The smallest absolute Gasteiger partial charge is 0.267 e. The third-order valence-corrected chi connectivity index (χ3v) is 5.23. The standard InChI is InChI=1S/C25H23N3O2/c1-17-10-13-20(14-11-17)18(2)28-23-9-4-3-8-22(23)26-25(28)21-7-5-6-19(16-21)12-15-24(29)27-30/h3-16,18,30H,1-2H3,(H,27,29)/b15-12+. The highest BCUT2D eigenvalue weighted by molar-refractivity contribution is 5.91. The first-order chi connectivity index (χ1) is 14.6. The first-order valence-corrected chi connectivity index (χ1v) is 9.83. The zero-order valence-electron chi connectivity index (χ0n) is 16.9. The molecule has 1 atom stereocenters. The summed E-state index contributed by atoms with van der Waals surface area (Å²) in [5, 5.41) is 8.68. The Bertz CT molecular complexity index is 1220. The number of benzene rings is 3. The van der Waals surface area contributed by atoms with Crippen molar-refractivity contribution in [3.05, 3.63) is 95.6 Å². The van der Waals surface area contributed by atoms with E-state index in [9.17, 15) is 4.79 Å². The molecule has 0 aliphatic carbocycles. The number of aromatic nitrogens is 2.